The van der Waals surface area contributed by atoms with Crippen LogP contribution in [0.4, 0.5) is 5.82 Å². The Labute approximate surface area is 127 Å². The Balaban J connectivity index is 1.98. The van der Waals surface area contributed by atoms with E-state index in [1.807, 2.05) is 24.0 Å². The lowest BCUT2D eigenvalue weighted by atomic mass is 10.3. The van der Waals surface area contributed by atoms with Gasteiger partial charge in [0.25, 0.3) is 0 Å². The molecule has 2 aromatic rings. The van der Waals surface area contributed by atoms with E-state index in [-0.39, 0.29) is 0 Å². The zero-order chi connectivity index (χ0) is 13.5. The molecular formula is C15H17BrN2S. The van der Waals surface area contributed by atoms with E-state index >= 15 is 0 Å². The maximum atomic E-state index is 4.32. The summed E-state index contributed by atoms with van der Waals surface area (Å²) in [6.07, 6.45) is 2.98. The molecule has 0 atom stereocenters. The Bertz CT molecular complexity index is 531. The third-order valence-corrected chi connectivity index (χ3v) is 4.71. The average molecular weight is 337 g/mol. The van der Waals surface area contributed by atoms with Gasteiger partial charge in [-0.25, -0.2) is 4.98 Å². The molecule has 0 spiro atoms. The molecule has 1 aromatic carbocycles. The number of rotatable bonds is 6. The van der Waals surface area contributed by atoms with Crippen LogP contribution in [0.15, 0.2) is 52.0 Å². The summed E-state index contributed by atoms with van der Waals surface area (Å²) in [4.78, 5) is 5.59. The SMILES string of the molecule is CCCNc1cc(CSc2ccccc2Br)ccn1. The highest BCUT2D eigenvalue weighted by atomic mass is 79.9. The number of aromatic nitrogens is 1. The molecule has 0 bridgehead atoms. The summed E-state index contributed by atoms with van der Waals surface area (Å²) in [6, 6.07) is 12.5. The minimum Gasteiger partial charge on any atom is -0.370 e. The molecule has 1 heterocycles. The van der Waals surface area contributed by atoms with Gasteiger partial charge in [-0.2, -0.15) is 0 Å². The fourth-order valence-corrected chi connectivity index (χ4v) is 3.15. The first-order valence-corrected chi connectivity index (χ1v) is 8.13. The van der Waals surface area contributed by atoms with Crippen LogP contribution < -0.4 is 5.32 Å². The number of hydrogen-bond acceptors (Lipinski definition) is 3. The minimum atomic E-state index is 0.950. The molecule has 0 radical (unpaired) electrons. The van der Waals surface area contributed by atoms with Crippen molar-refractivity contribution in [2.24, 2.45) is 0 Å². The van der Waals surface area contributed by atoms with Crippen molar-refractivity contribution < 1.29 is 0 Å². The molecule has 2 nitrogen and oxygen atoms in total. The van der Waals surface area contributed by atoms with Gasteiger partial charge in [-0.05, 0) is 52.2 Å². The molecule has 19 heavy (non-hydrogen) atoms. The summed E-state index contributed by atoms with van der Waals surface area (Å²) in [7, 11) is 0. The summed E-state index contributed by atoms with van der Waals surface area (Å²) in [5, 5.41) is 3.31. The molecule has 0 aliphatic carbocycles. The first-order chi connectivity index (χ1) is 9.29. The molecule has 0 aliphatic heterocycles. The van der Waals surface area contributed by atoms with Crippen LogP contribution in [0.5, 0.6) is 0 Å². The molecule has 2 rings (SSSR count). The standard InChI is InChI=1S/C15H17BrN2S/c1-2-8-17-15-10-12(7-9-18-15)11-19-14-6-4-3-5-13(14)16/h3-7,9-10H,2,8,11H2,1H3,(H,17,18). The Morgan fingerprint density at radius 1 is 1.26 bits per heavy atom. The second kappa shape index (κ2) is 7.56. The van der Waals surface area contributed by atoms with Crippen LogP contribution in [0.3, 0.4) is 0 Å². The first kappa shape index (κ1) is 14.4. The third kappa shape index (κ3) is 4.55. The van der Waals surface area contributed by atoms with Gasteiger partial charge in [0.2, 0.25) is 0 Å². The van der Waals surface area contributed by atoms with E-state index in [4.69, 9.17) is 0 Å². The molecule has 0 saturated carbocycles. The number of halogens is 1. The number of pyridine rings is 1. The molecule has 0 fully saturated rings. The molecule has 100 valence electrons. The molecule has 0 saturated heterocycles. The van der Waals surface area contributed by atoms with Gasteiger partial charge in [-0.1, -0.05) is 19.1 Å². The Kier molecular flexibility index (Phi) is 5.73. The van der Waals surface area contributed by atoms with E-state index in [0.29, 0.717) is 0 Å². The van der Waals surface area contributed by atoms with Crippen molar-refractivity contribution in [1.29, 1.82) is 0 Å². The number of thioether (sulfide) groups is 1. The van der Waals surface area contributed by atoms with Gasteiger partial charge in [0.05, 0.1) is 0 Å². The lowest BCUT2D eigenvalue weighted by Crippen LogP contribution is -2.01. The van der Waals surface area contributed by atoms with Crippen LogP contribution in [0.2, 0.25) is 0 Å². The summed E-state index contributed by atoms with van der Waals surface area (Å²) >= 11 is 5.40. The Morgan fingerprint density at radius 2 is 2.11 bits per heavy atom. The number of nitrogens with zero attached hydrogens (tertiary/aromatic N) is 1. The predicted octanol–water partition coefficient (Wildman–Crippen LogP) is 4.96. The number of nitrogens with one attached hydrogen (secondary N) is 1. The van der Waals surface area contributed by atoms with Crippen LogP contribution in [-0.2, 0) is 5.75 Å². The van der Waals surface area contributed by atoms with Crippen LogP contribution in [-0.4, -0.2) is 11.5 Å². The van der Waals surface area contributed by atoms with Crippen molar-refractivity contribution in [3.63, 3.8) is 0 Å². The highest BCUT2D eigenvalue weighted by Crippen LogP contribution is 2.29. The van der Waals surface area contributed by atoms with Gasteiger partial charge < -0.3 is 5.32 Å². The highest BCUT2D eigenvalue weighted by molar-refractivity contribution is 9.10. The summed E-state index contributed by atoms with van der Waals surface area (Å²) < 4.78 is 1.15. The van der Waals surface area contributed by atoms with Gasteiger partial charge >= 0.3 is 0 Å². The van der Waals surface area contributed by atoms with Crippen LogP contribution >= 0.6 is 27.7 Å². The fraction of sp³-hybridized carbons (Fsp3) is 0.267. The topological polar surface area (TPSA) is 24.9 Å². The lowest BCUT2D eigenvalue weighted by Gasteiger charge is -2.07. The van der Waals surface area contributed by atoms with Gasteiger partial charge in [0.1, 0.15) is 5.82 Å². The fourth-order valence-electron chi connectivity index (χ4n) is 1.64. The molecule has 1 N–H and O–H groups in total. The van der Waals surface area contributed by atoms with Crippen molar-refractivity contribution in [2.75, 3.05) is 11.9 Å². The maximum Gasteiger partial charge on any atom is 0.126 e. The van der Waals surface area contributed by atoms with Gasteiger partial charge in [-0.15, -0.1) is 11.8 Å². The number of hydrogen-bond donors (Lipinski definition) is 1. The predicted molar refractivity (Wildman–Crippen MR) is 86.7 cm³/mol. The average Bonchev–Trinajstić information content (AvgIpc) is 2.45. The smallest absolute Gasteiger partial charge is 0.126 e. The quantitative estimate of drug-likeness (QED) is 0.754. The maximum absolute atomic E-state index is 4.32. The second-order valence-electron chi connectivity index (χ2n) is 4.20. The monoisotopic (exact) mass is 336 g/mol. The Morgan fingerprint density at radius 3 is 2.89 bits per heavy atom. The van der Waals surface area contributed by atoms with Crippen LogP contribution in [0.1, 0.15) is 18.9 Å². The zero-order valence-corrected chi connectivity index (χ0v) is 13.3. The molecule has 0 unspecified atom stereocenters. The molecule has 1 aromatic heterocycles. The van der Waals surface area contributed by atoms with Crippen molar-refractivity contribution in [1.82, 2.24) is 4.98 Å². The summed E-state index contributed by atoms with van der Waals surface area (Å²) in [5.41, 5.74) is 1.29. The molecule has 4 heteroatoms. The second-order valence-corrected chi connectivity index (χ2v) is 6.07. The number of anilines is 1. The van der Waals surface area contributed by atoms with E-state index in [1.165, 1.54) is 10.5 Å². The summed E-state index contributed by atoms with van der Waals surface area (Å²) in [5.74, 6) is 1.92. The normalized spacial score (nSPS) is 10.4. The van der Waals surface area contributed by atoms with Crippen LogP contribution in [0, 0.1) is 0 Å². The van der Waals surface area contributed by atoms with E-state index < -0.39 is 0 Å². The lowest BCUT2D eigenvalue weighted by molar-refractivity contribution is 0.968. The zero-order valence-electron chi connectivity index (χ0n) is 10.9. The highest BCUT2D eigenvalue weighted by Gasteiger charge is 2.01. The van der Waals surface area contributed by atoms with Gasteiger partial charge in [-0.3, -0.25) is 0 Å². The molecule has 0 amide bonds. The first-order valence-electron chi connectivity index (χ1n) is 6.35. The summed E-state index contributed by atoms with van der Waals surface area (Å²) in [6.45, 7) is 3.12. The molecule has 0 aliphatic rings. The van der Waals surface area contributed by atoms with E-state index in [2.05, 4.69) is 63.5 Å². The number of benzene rings is 1. The van der Waals surface area contributed by atoms with Crippen molar-refractivity contribution >= 4 is 33.5 Å². The van der Waals surface area contributed by atoms with Crippen LogP contribution in [0.25, 0.3) is 0 Å². The van der Waals surface area contributed by atoms with E-state index in [9.17, 15) is 0 Å². The third-order valence-electron chi connectivity index (χ3n) is 2.61. The van der Waals surface area contributed by atoms with Crippen molar-refractivity contribution in [3.8, 4) is 0 Å². The minimum absolute atomic E-state index is 0.950. The van der Waals surface area contributed by atoms with Crippen molar-refractivity contribution in [2.45, 2.75) is 24.0 Å². The van der Waals surface area contributed by atoms with Gasteiger partial charge in [0.15, 0.2) is 0 Å². The van der Waals surface area contributed by atoms with E-state index in [1.54, 1.807) is 0 Å². The van der Waals surface area contributed by atoms with E-state index in [0.717, 1.165) is 29.0 Å². The van der Waals surface area contributed by atoms with Crippen molar-refractivity contribution in [3.05, 3.63) is 52.6 Å². The molecular weight excluding hydrogens is 320 g/mol. The van der Waals surface area contributed by atoms with Gasteiger partial charge in [0, 0.05) is 27.9 Å². The Hall–Kier alpha value is -1.00. The largest absolute Gasteiger partial charge is 0.370 e.